The van der Waals surface area contributed by atoms with Gasteiger partial charge in [0.1, 0.15) is 5.75 Å². The monoisotopic (exact) mass is 495 g/mol. The molecule has 0 unspecified atom stereocenters. The number of hydrogen-bond donors (Lipinski definition) is 1. The first-order valence-corrected chi connectivity index (χ1v) is 11.6. The van der Waals surface area contributed by atoms with Crippen LogP contribution in [0.25, 0.3) is 10.9 Å². The van der Waals surface area contributed by atoms with E-state index in [2.05, 4.69) is 46.7 Å². The molecule has 0 radical (unpaired) electrons. The minimum absolute atomic E-state index is 0.00252. The van der Waals surface area contributed by atoms with Crippen molar-refractivity contribution in [2.75, 3.05) is 39.8 Å². The third-order valence-electron chi connectivity index (χ3n) is 6.74. The predicted molar refractivity (Wildman–Crippen MR) is 128 cm³/mol. The Morgan fingerprint density at radius 2 is 1.88 bits per heavy atom. The highest BCUT2D eigenvalue weighted by molar-refractivity contribution is 9.10. The Morgan fingerprint density at radius 3 is 2.62 bits per heavy atom. The number of aromatic nitrogens is 1. The zero-order valence-corrected chi connectivity index (χ0v) is 20.1. The molecule has 1 aliphatic heterocycles. The van der Waals surface area contributed by atoms with Crippen LogP contribution in [-0.4, -0.2) is 66.3 Å². The van der Waals surface area contributed by atoms with Gasteiger partial charge < -0.3 is 19.5 Å². The topological polar surface area (TPSA) is 65.6 Å². The van der Waals surface area contributed by atoms with Gasteiger partial charge in [-0.1, -0.05) is 35.8 Å². The summed E-state index contributed by atoms with van der Waals surface area (Å²) in [5.74, 6) is 0.618. The molecule has 1 aliphatic carbocycles. The van der Waals surface area contributed by atoms with Crippen LogP contribution in [0.5, 0.6) is 5.75 Å². The Labute approximate surface area is 195 Å². The highest BCUT2D eigenvalue weighted by atomic mass is 79.9. The highest BCUT2D eigenvalue weighted by Crippen LogP contribution is 2.44. The first kappa shape index (κ1) is 21.2. The molecule has 166 valence electrons. The van der Waals surface area contributed by atoms with E-state index in [0.29, 0.717) is 11.3 Å². The molecule has 1 N–H and O–H groups in total. The van der Waals surface area contributed by atoms with E-state index in [1.54, 1.807) is 6.07 Å². The Kier molecular flexibility index (Phi) is 5.13. The Bertz CT molecular complexity index is 1240. The molecule has 32 heavy (non-hydrogen) atoms. The lowest BCUT2D eigenvalue weighted by Gasteiger charge is -2.33. The van der Waals surface area contributed by atoms with Crippen LogP contribution < -0.4 is 4.74 Å². The van der Waals surface area contributed by atoms with Crippen LogP contribution in [-0.2, 0) is 10.2 Å². The van der Waals surface area contributed by atoms with E-state index < -0.39 is 5.41 Å². The standard InChI is InChI=1S/C25H26BrN3O3/c1-25(2)19-13-16(32-14-21(30)29-10-8-28(3)9-11-29)5-7-17(19)23(31)22-18-6-4-15(26)12-20(18)27-24(22)25/h4-7,12-13,27H,8-11,14H2,1-3H3. The number of rotatable bonds is 3. The van der Waals surface area contributed by atoms with Crippen molar-refractivity contribution >= 4 is 38.5 Å². The number of halogens is 1. The second-order valence-electron chi connectivity index (χ2n) is 9.20. The van der Waals surface area contributed by atoms with E-state index >= 15 is 0 Å². The van der Waals surface area contributed by atoms with Crippen molar-refractivity contribution in [2.24, 2.45) is 0 Å². The quantitative estimate of drug-likeness (QED) is 0.597. The zero-order valence-electron chi connectivity index (χ0n) is 18.5. The van der Waals surface area contributed by atoms with Crippen molar-refractivity contribution in [3.63, 3.8) is 0 Å². The van der Waals surface area contributed by atoms with Crippen LogP contribution >= 0.6 is 15.9 Å². The molecule has 0 bridgehead atoms. The largest absolute Gasteiger partial charge is 0.484 e. The zero-order chi connectivity index (χ0) is 22.6. The van der Waals surface area contributed by atoms with E-state index in [1.165, 1.54) is 0 Å². The summed E-state index contributed by atoms with van der Waals surface area (Å²) in [6.45, 7) is 7.44. The number of nitrogens with one attached hydrogen (secondary N) is 1. The number of amides is 1. The minimum atomic E-state index is -0.412. The normalized spacial score (nSPS) is 17.9. The van der Waals surface area contributed by atoms with Gasteiger partial charge in [0.15, 0.2) is 12.4 Å². The molecule has 0 saturated carbocycles. The lowest BCUT2D eigenvalue weighted by atomic mass is 9.71. The minimum Gasteiger partial charge on any atom is -0.484 e. The number of hydrogen-bond acceptors (Lipinski definition) is 4. The van der Waals surface area contributed by atoms with Gasteiger partial charge in [0.25, 0.3) is 5.91 Å². The fraction of sp³-hybridized carbons (Fsp3) is 0.360. The van der Waals surface area contributed by atoms with E-state index in [0.717, 1.165) is 58.4 Å². The SMILES string of the molecule is CN1CCN(C(=O)COc2ccc3c(c2)C(C)(C)c2[nH]c4cc(Br)ccc4c2C3=O)CC1. The molecule has 0 atom stereocenters. The Balaban J connectivity index is 1.43. The molecule has 3 aromatic rings. The van der Waals surface area contributed by atoms with Gasteiger partial charge in [0, 0.05) is 58.2 Å². The second-order valence-corrected chi connectivity index (χ2v) is 10.1. The molecule has 2 aromatic carbocycles. The number of ketones is 1. The van der Waals surface area contributed by atoms with Crippen LogP contribution in [0.3, 0.4) is 0 Å². The van der Waals surface area contributed by atoms with E-state index in [9.17, 15) is 9.59 Å². The first-order chi connectivity index (χ1) is 15.3. The smallest absolute Gasteiger partial charge is 0.260 e. The summed E-state index contributed by atoms with van der Waals surface area (Å²) in [6, 6.07) is 11.5. The molecule has 1 aromatic heterocycles. The molecule has 5 rings (SSSR count). The van der Waals surface area contributed by atoms with Crippen molar-refractivity contribution in [1.29, 1.82) is 0 Å². The van der Waals surface area contributed by atoms with Crippen molar-refractivity contribution in [2.45, 2.75) is 19.3 Å². The number of ether oxygens (including phenoxy) is 1. The maximum atomic E-state index is 13.4. The van der Waals surface area contributed by atoms with Gasteiger partial charge in [0.05, 0.1) is 5.56 Å². The number of piperazine rings is 1. The molecule has 1 amide bonds. The van der Waals surface area contributed by atoms with Gasteiger partial charge in [-0.25, -0.2) is 0 Å². The lowest BCUT2D eigenvalue weighted by Crippen LogP contribution is -2.48. The molecule has 1 fully saturated rings. The molecule has 1 saturated heterocycles. The summed E-state index contributed by atoms with van der Waals surface area (Å²) in [5.41, 5.74) is 3.77. The number of nitrogens with zero attached hydrogens (tertiary/aromatic N) is 2. The van der Waals surface area contributed by atoms with E-state index in [1.807, 2.05) is 35.2 Å². The van der Waals surface area contributed by atoms with Crippen LogP contribution in [0.1, 0.15) is 41.0 Å². The lowest BCUT2D eigenvalue weighted by molar-refractivity contribution is -0.134. The summed E-state index contributed by atoms with van der Waals surface area (Å²) < 4.78 is 6.84. The van der Waals surface area contributed by atoms with Gasteiger partial charge in [-0.05, 0) is 42.9 Å². The molecule has 0 spiro atoms. The molecular weight excluding hydrogens is 470 g/mol. The van der Waals surface area contributed by atoms with Crippen molar-refractivity contribution in [3.8, 4) is 5.75 Å². The van der Waals surface area contributed by atoms with Crippen LogP contribution in [0.15, 0.2) is 40.9 Å². The van der Waals surface area contributed by atoms with Crippen LogP contribution in [0.2, 0.25) is 0 Å². The third-order valence-corrected chi connectivity index (χ3v) is 7.23. The maximum Gasteiger partial charge on any atom is 0.260 e. The molecule has 2 heterocycles. The number of H-pyrrole nitrogens is 1. The van der Waals surface area contributed by atoms with E-state index in [-0.39, 0.29) is 18.3 Å². The Morgan fingerprint density at radius 1 is 1.12 bits per heavy atom. The van der Waals surface area contributed by atoms with Gasteiger partial charge in [-0.2, -0.15) is 0 Å². The number of likely N-dealkylation sites (N-methyl/N-ethyl adjacent to an activating group) is 1. The number of fused-ring (bicyclic) bond motifs is 4. The highest BCUT2D eigenvalue weighted by Gasteiger charge is 2.39. The summed E-state index contributed by atoms with van der Waals surface area (Å²) in [6.07, 6.45) is 0. The van der Waals surface area contributed by atoms with Crippen molar-refractivity contribution in [3.05, 3.63) is 63.3 Å². The van der Waals surface area contributed by atoms with Gasteiger partial charge >= 0.3 is 0 Å². The fourth-order valence-corrected chi connectivity index (χ4v) is 5.13. The molecular formula is C25H26BrN3O3. The third kappa shape index (κ3) is 3.44. The second kappa shape index (κ2) is 7.74. The molecule has 2 aliphatic rings. The summed E-state index contributed by atoms with van der Waals surface area (Å²) >= 11 is 3.51. The molecule has 7 heteroatoms. The van der Waals surface area contributed by atoms with Gasteiger partial charge in [0.2, 0.25) is 0 Å². The number of benzene rings is 2. The maximum absolute atomic E-state index is 13.4. The number of carbonyl (C=O) groups excluding carboxylic acids is 2. The van der Waals surface area contributed by atoms with Gasteiger partial charge in [-0.3, -0.25) is 9.59 Å². The van der Waals surface area contributed by atoms with Crippen molar-refractivity contribution < 1.29 is 14.3 Å². The summed E-state index contributed by atoms with van der Waals surface area (Å²) in [4.78, 5) is 33.5. The van der Waals surface area contributed by atoms with Crippen LogP contribution in [0.4, 0.5) is 0 Å². The summed E-state index contributed by atoms with van der Waals surface area (Å²) in [7, 11) is 2.06. The first-order valence-electron chi connectivity index (χ1n) is 10.9. The fourth-order valence-electron chi connectivity index (χ4n) is 4.76. The number of aromatic amines is 1. The average Bonchev–Trinajstić information content (AvgIpc) is 3.16. The molecule has 6 nitrogen and oxygen atoms in total. The Hall–Kier alpha value is -2.64. The summed E-state index contributed by atoms with van der Waals surface area (Å²) in [5, 5.41) is 0.935. The predicted octanol–water partition coefficient (Wildman–Crippen LogP) is 3.95. The number of carbonyl (C=O) groups is 2. The van der Waals surface area contributed by atoms with E-state index in [4.69, 9.17) is 4.74 Å². The average molecular weight is 496 g/mol. The van der Waals surface area contributed by atoms with Crippen LogP contribution in [0, 0.1) is 0 Å². The van der Waals surface area contributed by atoms with Crippen molar-refractivity contribution in [1.82, 2.24) is 14.8 Å². The van der Waals surface area contributed by atoms with Gasteiger partial charge in [-0.15, -0.1) is 0 Å².